The van der Waals surface area contributed by atoms with Crippen LogP contribution < -0.4 is 16.0 Å². The molecule has 0 aliphatic heterocycles. The Morgan fingerprint density at radius 2 is 1.95 bits per heavy atom. The van der Waals surface area contributed by atoms with E-state index in [4.69, 9.17) is 0 Å². The lowest BCUT2D eigenvalue weighted by Crippen LogP contribution is -2.30. The smallest absolute Gasteiger partial charge is 0.319 e. The maximum atomic E-state index is 12.8. The zero-order valence-electron chi connectivity index (χ0n) is 12.0. The molecule has 0 atom stereocenters. The molecule has 1 saturated carbocycles. The second-order valence-corrected chi connectivity index (χ2v) is 5.28. The second kappa shape index (κ2) is 6.43. The monoisotopic (exact) mass is 300 g/mol. The van der Waals surface area contributed by atoms with Crippen molar-refractivity contribution in [2.24, 2.45) is 0 Å². The summed E-state index contributed by atoms with van der Waals surface area (Å²) in [5.41, 5.74) is 1.61. The molecule has 3 rings (SSSR count). The van der Waals surface area contributed by atoms with E-state index in [2.05, 4.69) is 20.9 Å². The van der Waals surface area contributed by atoms with Crippen molar-refractivity contribution in [3.05, 3.63) is 54.0 Å². The van der Waals surface area contributed by atoms with E-state index < -0.39 is 0 Å². The van der Waals surface area contributed by atoms with Crippen LogP contribution in [0.4, 0.5) is 20.7 Å². The van der Waals surface area contributed by atoms with E-state index in [-0.39, 0.29) is 11.8 Å². The minimum Gasteiger partial charge on any atom is -0.366 e. The Labute approximate surface area is 128 Å². The van der Waals surface area contributed by atoms with Crippen molar-refractivity contribution in [1.29, 1.82) is 0 Å². The minimum atomic E-state index is -0.248. The summed E-state index contributed by atoms with van der Waals surface area (Å²) in [4.78, 5) is 15.8. The third-order valence-electron chi connectivity index (χ3n) is 3.32. The lowest BCUT2D eigenvalue weighted by molar-refractivity contribution is 0.251. The van der Waals surface area contributed by atoms with Crippen LogP contribution in [0.2, 0.25) is 0 Å². The van der Waals surface area contributed by atoms with Crippen LogP contribution in [0.25, 0.3) is 0 Å². The molecule has 1 aromatic carbocycles. The first kappa shape index (κ1) is 14.3. The summed E-state index contributed by atoms with van der Waals surface area (Å²) in [6.07, 6.45) is 3.70. The van der Waals surface area contributed by atoms with E-state index in [0.717, 1.165) is 18.4 Å². The molecule has 1 fully saturated rings. The van der Waals surface area contributed by atoms with E-state index in [1.54, 1.807) is 30.5 Å². The molecule has 0 unspecified atom stereocenters. The molecule has 1 aliphatic rings. The van der Waals surface area contributed by atoms with E-state index in [1.165, 1.54) is 12.1 Å². The Bertz CT molecular complexity index is 638. The van der Waals surface area contributed by atoms with E-state index in [9.17, 15) is 9.18 Å². The number of pyridine rings is 1. The fraction of sp³-hybridized carbons (Fsp3) is 0.250. The van der Waals surface area contributed by atoms with Crippen LogP contribution in [-0.4, -0.2) is 17.1 Å². The largest absolute Gasteiger partial charge is 0.366 e. The molecule has 0 spiro atoms. The first-order valence-corrected chi connectivity index (χ1v) is 7.21. The first-order chi connectivity index (χ1) is 10.7. The summed E-state index contributed by atoms with van der Waals surface area (Å²) in [5, 5.41) is 8.72. The van der Waals surface area contributed by atoms with Crippen molar-refractivity contribution in [2.75, 3.05) is 10.6 Å². The van der Waals surface area contributed by atoms with Gasteiger partial charge >= 0.3 is 6.03 Å². The highest BCUT2D eigenvalue weighted by molar-refractivity contribution is 5.89. The third kappa shape index (κ3) is 4.18. The number of aromatic nitrogens is 1. The van der Waals surface area contributed by atoms with Gasteiger partial charge in [0.25, 0.3) is 0 Å². The maximum absolute atomic E-state index is 12.8. The molecule has 2 amide bonds. The van der Waals surface area contributed by atoms with Gasteiger partial charge in [-0.1, -0.05) is 12.1 Å². The molecule has 6 heteroatoms. The van der Waals surface area contributed by atoms with Gasteiger partial charge in [0.05, 0.1) is 11.9 Å². The maximum Gasteiger partial charge on any atom is 0.319 e. The van der Waals surface area contributed by atoms with Crippen LogP contribution in [0.1, 0.15) is 18.4 Å². The summed E-state index contributed by atoms with van der Waals surface area (Å²) in [6, 6.07) is 10.00. The Balaban J connectivity index is 1.50. The van der Waals surface area contributed by atoms with Crippen molar-refractivity contribution < 1.29 is 9.18 Å². The number of benzene rings is 1. The number of carbonyl (C=O) groups excluding carboxylic acids is 1. The highest BCUT2D eigenvalue weighted by Gasteiger charge is 2.23. The van der Waals surface area contributed by atoms with Gasteiger partial charge in [0.15, 0.2) is 0 Å². The number of anilines is 2. The summed E-state index contributed by atoms with van der Waals surface area (Å²) in [5.74, 6) is 0.444. The van der Waals surface area contributed by atoms with Crippen LogP contribution in [0.5, 0.6) is 0 Å². The Hall–Kier alpha value is -2.63. The summed E-state index contributed by atoms with van der Waals surface area (Å²) >= 11 is 0. The number of rotatable bonds is 5. The van der Waals surface area contributed by atoms with Gasteiger partial charge in [-0.15, -0.1) is 0 Å². The Kier molecular flexibility index (Phi) is 4.18. The zero-order chi connectivity index (χ0) is 15.4. The lowest BCUT2D eigenvalue weighted by Gasteiger charge is -2.08. The summed E-state index contributed by atoms with van der Waals surface area (Å²) in [6.45, 7) is 0.558. The van der Waals surface area contributed by atoms with Gasteiger partial charge in [-0.2, -0.15) is 0 Å². The van der Waals surface area contributed by atoms with Gasteiger partial charge in [-0.25, -0.2) is 14.2 Å². The molecule has 0 radical (unpaired) electrons. The SMILES string of the molecule is O=C(Nc1ccc(NCc2ccc(F)cc2)nc1)NC1CC1. The average molecular weight is 300 g/mol. The second-order valence-electron chi connectivity index (χ2n) is 5.28. The molecule has 0 saturated heterocycles. The van der Waals surface area contributed by atoms with Crippen molar-refractivity contribution >= 4 is 17.5 Å². The van der Waals surface area contributed by atoms with E-state index in [1.807, 2.05) is 0 Å². The topological polar surface area (TPSA) is 66.0 Å². The zero-order valence-corrected chi connectivity index (χ0v) is 12.0. The number of carbonyl (C=O) groups is 1. The highest BCUT2D eigenvalue weighted by Crippen LogP contribution is 2.19. The molecule has 0 bridgehead atoms. The van der Waals surface area contributed by atoms with Gasteiger partial charge in [0.1, 0.15) is 11.6 Å². The minimum absolute atomic E-state index is 0.198. The number of nitrogens with one attached hydrogen (secondary N) is 3. The molecule has 1 heterocycles. The van der Waals surface area contributed by atoms with E-state index >= 15 is 0 Å². The van der Waals surface area contributed by atoms with E-state index in [0.29, 0.717) is 24.1 Å². The molecule has 1 aromatic heterocycles. The van der Waals surface area contributed by atoms with Crippen molar-refractivity contribution in [3.8, 4) is 0 Å². The first-order valence-electron chi connectivity index (χ1n) is 7.21. The van der Waals surface area contributed by atoms with Crippen LogP contribution in [-0.2, 0) is 6.54 Å². The van der Waals surface area contributed by atoms with Crippen LogP contribution in [0.3, 0.4) is 0 Å². The van der Waals surface area contributed by atoms with Gasteiger partial charge in [-0.3, -0.25) is 0 Å². The number of amides is 2. The number of hydrogen-bond acceptors (Lipinski definition) is 3. The molecular formula is C16H17FN4O. The third-order valence-corrected chi connectivity index (χ3v) is 3.32. The summed E-state index contributed by atoms with van der Waals surface area (Å²) in [7, 11) is 0. The Morgan fingerprint density at radius 3 is 2.59 bits per heavy atom. The fourth-order valence-corrected chi connectivity index (χ4v) is 1.95. The molecule has 3 N–H and O–H groups in total. The number of halogens is 1. The van der Waals surface area contributed by atoms with Crippen molar-refractivity contribution in [1.82, 2.24) is 10.3 Å². The highest BCUT2D eigenvalue weighted by atomic mass is 19.1. The van der Waals surface area contributed by atoms with Crippen molar-refractivity contribution in [2.45, 2.75) is 25.4 Å². The Morgan fingerprint density at radius 1 is 1.18 bits per heavy atom. The molecule has 22 heavy (non-hydrogen) atoms. The van der Waals surface area contributed by atoms with Gasteiger partial charge < -0.3 is 16.0 Å². The fourth-order valence-electron chi connectivity index (χ4n) is 1.95. The van der Waals surface area contributed by atoms with Gasteiger partial charge in [0.2, 0.25) is 0 Å². The van der Waals surface area contributed by atoms with Crippen molar-refractivity contribution in [3.63, 3.8) is 0 Å². The van der Waals surface area contributed by atoms with Gasteiger partial charge in [0, 0.05) is 12.6 Å². The molecule has 2 aromatic rings. The van der Waals surface area contributed by atoms with Crippen LogP contribution in [0, 0.1) is 5.82 Å². The van der Waals surface area contributed by atoms with Crippen LogP contribution >= 0.6 is 0 Å². The van der Waals surface area contributed by atoms with Gasteiger partial charge in [-0.05, 0) is 42.7 Å². The molecule has 5 nitrogen and oxygen atoms in total. The molecular weight excluding hydrogens is 283 g/mol. The average Bonchev–Trinajstić information content (AvgIpc) is 3.32. The predicted molar refractivity (Wildman–Crippen MR) is 83.1 cm³/mol. The molecule has 114 valence electrons. The molecule has 1 aliphatic carbocycles. The summed E-state index contributed by atoms with van der Waals surface area (Å²) < 4.78 is 12.8. The lowest BCUT2D eigenvalue weighted by atomic mass is 10.2. The predicted octanol–water partition coefficient (Wildman–Crippen LogP) is 3.12. The normalized spacial score (nSPS) is 13.5. The standard InChI is InChI=1S/C16H17FN4O/c17-12-3-1-11(2-4-12)9-18-15-8-7-14(10-19-15)21-16(22)20-13-5-6-13/h1-4,7-8,10,13H,5-6,9H2,(H,18,19)(H2,20,21,22). The quantitative estimate of drug-likeness (QED) is 0.795. The number of nitrogens with zero attached hydrogens (tertiary/aromatic N) is 1. The van der Waals surface area contributed by atoms with Crippen LogP contribution in [0.15, 0.2) is 42.6 Å². The number of urea groups is 1. The number of hydrogen-bond donors (Lipinski definition) is 3.